The van der Waals surface area contributed by atoms with Gasteiger partial charge in [0.05, 0.1) is 12.7 Å². The molecule has 1 saturated heterocycles. The van der Waals surface area contributed by atoms with Gasteiger partial charge < -0.3 is 26.7 Å². The molecule has 138 valence electrons. The largest absolute Gasteiger partial charge is 2.00 e. The molecule has 1 aromatic heterocycles. The van der Waals surface area contributed by atoms with Gasteiger partial charge in [0.15, 0.2) is 8.32 Å². The number of hydrogen-bond donors (Lipinski definition) is 1. The maximum absolute atomic E-state index is 12.2. The van der Waals surface area contributed by atoms with Crippen LogP contribution < -0.4 is 28.8 Å². The molecule has 0 bridgehead atoms. The van der Waals surface area contributed by atoms with Crippen molar-refractivity contribution in [2.75, 3.05) is 6.61 Å². The first-order valence-corrected chi connectivity index (χ1v) is 10.7. The molecule has 0 unspecified atom stereocenters. The van der Waals surface area contributed by atoms with E-state index in [2.05, 4.69) is 38.8 Å². The normalized spacial score (nSPS) is 23.7. The number of hydrogen-bond acceptors (Lipinski definition) is 5. The topological polar surface area (TPSA) is 96.4 Å². The second-order valence-electron chi connectivity index (χ2n) is 7.49. The quantitative estimate of drug-likeness (QED) is 0.550. The van der Waals surface area contributed by atoms with Crippen LogP contribution in [0.5, 0.6) is 0 Å². The van der Waals surface area contributed by atoms with Gasteiger partial charge in [-0.25, -0.2) is 4.79 Å². The van der Waals surface area contributed by atoms with Gasteiger partial charge >= 0.3 is 28.7 Å². The maximum atomic E-state index is 12.2. The van der Waals surface area contributed by atoms with E-state index in [-0.39, 0.29) is 53.5 Å². The summed E-state index contributed by atoms with van der Waals surface area (Å²) < 4.78 is 13.0. The van der Waals surface area contributed by atoms with Crippen LogP contribution in [-0.4, -0.2) is 59.7 Å². The van der Waals surface area contributed by atoms with Crippen molar-refractivity contribution in [2.24, 2.45) is 0 Å². The van der Waals surface area contributed by atoms with Crippen molar-refractivity contribution < 1.29 is 26.7 Å². The van der Waals surface area contributed by atoms with Crippen LogP contribution in [0.2, 0.25) is 18.1 Å². The van der Waals surface area contributed by atoms with Gasteiger partial charge in [0.25, 0.3) is 5.56 Å². The minimum Gasteiger partial charge on any atom is -1.00 e. The first-order chi connectivity index (χ1) is 10.5. The van der Waals surface area contributed by atoms with Crippen molar-refractivity contribution in [3.8, 4) is 0 Å². The van der Waals surface area contributed by atoms with Gasteiger partial charge in [0.1, 0.15) is 6.23 Å². The van der Waals surface area contributed by atoms with Gasteiger partial charge in [-0.2, -0.15) is 0 Å². The van der Waals surface area contributed by atoms with Crippen molar-refractivity contribution in [1.82, 2.24) is 9.55 Å². The van der Waals surface area contributed by atoms with Crippen molar-refractivity contribution >= 4 is 31.4 Å². The summed E-state index contributed by atoms with van der Waals surface area (Å²) >= 11 is 0. The molecule has 0 saturated carbocycles. The van der Waals surface area contributed by atoms with Crippen LogP contribution in [0.1, 0.15) is 33.4 Å². The van der Waals surface area contributed by atoms with Crippen molar-refractivity contribution in [3.63, 3.8) is 0 Å². The van der Waals surface area contributed by atoms with Crippen molar-refractivity contribution in [1.29, 1.82) is 0 Å². The third-order valence-corrected chi connectivity index (χ3v) is 9.26. The summed E-state index contributed by atoms with van der Waals surface area (Å²) in [4.78, 5) is 25.1. The molecule has 3 atom stereocenters. The fraction of sp³-hybridized carbons (Fsp3) is 0.733. The Balaban J connectivity index is 0.00000288. The summed E-state index contributed by atoms with van der Waals surface area (Å²) in [5, 5.41) is 12.3. The smallest absolute Gasteiger partial charge is 1.00 e. The standard InChI is InChI=1S/C15H25N2O5Si.ClH.Mg/c1-15(2,3)23(4,5)21-9-11-10(18)8-13(22-11)17-7-6-12(19)16-14(17)20;;/h6-7,10-11,13H,8-9H2,1-5H3,(H,16,19,20);1H;/q-1;;+2/p-1/t10-,11+,13+;;/m0../s1. The predicted octanol–water partition coefficient (Wildman–Crippen LogP) is -2.80. The van der Waals surface area contributed by atoms with Crippen molar-refractivity contribution in [2.45, 2.75) is 63.8 Å². The summed E-state index contributed by atoms with van der Waals surface area (Å²) in [7, 11) is -1.96. The van der Waals surface area contributed by atoms with Gasteiger partial charge in [-0.15, -0.1) is 0 Å². The molecule has 0 aliphatic carbocycles. The Morgan fingerprint density at radius 3 is 2.52 bits per heavy atom. The number of rotatable bonds is 4. The minimum absolute atomic E-state index is 0. The molecule has 0 amide bonds. The zero-order valence-electron chi connectivity index (χ0n) is 15.4. The van der Waals surface area contributed by atoms with Crippen LogP contribution >= 0.6 is 0 Å². The van der Waals surface area contributed by atoms with Gasteiger partial charge in [-0.05, 0) is 24.6 Å². The molecule has 1 N–H and O–H groups in total. The van der Waals surface area contributed by atoms with Gasteiger partial charge in [0.2, 0.25) is 0 Å². The zero-order valence-corrected chi connectivity index (χ0v) is 18.5. The summed E-state index contributed by atoms with van der Waals surface area (Å²) in [5.74, 6) is 0. The number of H-pyrrole nitrogens is 1. The first kappa shape index (κ1) is 24.8. The Bertz CT molecular complexity index is 673. The Hall–Kier alpha value is -0.167. The van der Waals surface area contributed by atoms with Crippen LogP contribution in [0.4, 0.5) is 0 Å². The molecule has 1 fully saturated rings. The molecule has 0 radical (unpaired) electrons. The molecule has 7 nitrogen and oxygen atoms in total. The van der Waals surface area contributed by atoms with E-state index >= 15 is 0 Å². The number of aromatic nitrogens is 2. The number of halogens is 1. The fourth-order valence-corrected chi connectivity index (χ4v) is 3.20. The minimum atomic E-state index is -1.96. The third-order valence-electron chi connectivity index (χ3n) is 4.76. The van der Waals surface area contributed by atoms with Gasteiger partial charge in [-0.3, -0.25) is 14.3 Å². The molecule has 2 heterocycles. The number of nitrogens with one attached hydrogen (secondary N) is 1. The van der Waals surface area contributed by atoms with Crippen LogP contribution in [0.15, 0.2) is 21.9 Å². The summed E-state index contributed by atoms with van der Waals surface area (Å²) in [6.45, 7) is 10.9. The summed E-state index contributed by atoms with van der Waals surface area (Å²) in [6, 6.07) is 1.24. The second kappa shape index (κ2) is 9.16. The van der Waals surface area contributed by atoms with Crippen LogP contribution in [0.3, 0.4) is 0 Å². The molecule has 2 rings (SSSR count). The molecule has 25 heavy (non-hydrogen) atoms. The predicted molar refractivity (Wildman–Crippen MR) is 92.5 cm³/mol. The Labute approximate surface area is 170 Å². The Kier molecular flexibility index (Phi) is 9.10. The SMILES string of the molecule is CC(C)(C)[Si](C)(C)OC[C@H]1O[C@@H](n2ccc(=O)[nH]c2=O)C[C@@H]1[O-].[Cl-].[Mg+2]. The van der Waals surface area contributed by atoms with Crippen LogP contribution in [0.25, 0.3) is 0 Å². The third kappa shape index (κ3) is 5.91. The van der Waals surface area contributed by atoms with E-state index in [9.17, 15) is 14.7 Å². The monoisotopic (exact) mass is 400 g/mol. The summed E-state index contributed by atoms with van der Waals surface area (Å²) in [6.07, 6.45) is -0.668. The molecular formula is C15H25ClMgN2O5Si. The van der Waals surface area contributed by atoms with E-state index in [0.717, 1.165) is 0 Å². The van der Waals surface area contributed by atoms with E-state index in [1.807, 2.05) is 0 Å². The maximum Gasteiger partial charge on any atom is 2.00 e. The molecule has 1 aliphatic rings. The molecule has 10 heteroatoms. The summed E-state index contributed by atoms with van der Waals surface area (Å²) in [5.41, 5.74) is -1.04. The Morgan fingerprint density at radius 2 is 2.00 bits per heavy atom. The van der Waals surface area contributed by atoms with E-state index < -0.39 is 38.0 Å². The van der Waals surface area contributed by atoms with Gasteiger partial charge in [0, 0.05) is 12.3 Å². The van der Waals surface area contributed by atoms with E-state index in [1.165, 1.54) is 16.8 Å². The zero-order chi connectivity index (χ0) is 17.4. The number of nitrogens with zero attached hydrogens (tertiary/aromatic N) is 1. The average molecular weight is 401 g/mol. The Morgan fingerprint density at radius 1 is 1.40 bits per heavy atom. The van der Waals surface area contributed by atoms with E-state index in [4.69, 9.17) is 9.16 Å². The molecule has 1 aliphatic heterocycles. The van der Waals surface area contributed by atoms with Crippen molar-refractivity contribution in [3.05, 3.63) is 33.1 Å². The first-order valence-electron chi connectivity index (χ1n) is 7.78. The average Bonchev–Trinajstić information content (AvgIpc) is 2.76. The molecule has 1 aromatic rings. The molecular weight excluding hydrogens is 376 g/mol. The number of ether oxygens (including phenoxy) is 1. The fourth-order valence-electron chi connectivity index (χ4n) is 2.18. The van der Waals surface area contributed by atoms with Crippen LogP contribution in [-0.2, 0) is 9.16 Å². The molecule has 0 aromatic carbocycles. The molecule has 0 spiro atoms. The number of aromatic amines is 1. The van der Waals surface area contributed by atoms with Gasteiger partial charge in [-0.1, -0.05) is 26.9 Å². The van der Waals surface area contributed by atoms with Crippen LogP contribution in [0, 0.1) is 0 Å². The van der Waals surface area contributed by atoms with E-state index in [0.29, 0.717) is 0 Å². The second-order valence-corrected chi connectivity index (χ2v) is 12.3. The van der Waals surface area contributed by atoms with E-state index in [1.54, 1.807) is 0 Å².